The molecule has 6 nitrogen and oxygen atoms in total. The molecular weight excluding hydrogens is 230 g/mol. The molecule has 16 heavy (non-hydrogen) atoms. The van der Waals surface area contributed by atoms with Gasteiger partial charge in [-0.2, -0.15) is 0 Å². The lowest BCUT2D eigenvalue weighted by Gasteiger charge is -2.25. The van der Waals surface area contributed by atoms with Gasteiger partial charge < -0.3 is 10.0 Å². The van der Waals surface area contributed by atoms with Crippen LogP contribution in [0, 0.1) is 0 Å². The highest BCUT2D eigenvalue weighted by Gasteiger charge is 2.39. The second-order valence-corrected chi connectivity index (χ2v) is 4.36. The van der Waals surface area contributed by atoms with E-state index in [9.17, 15) is 9.59 Å². The van der Waals surface area contributed by atoms with Crippen molar-refractivity contribution in [2.45, 2.75) is 31.8 Å². The molecule has 1 fully saturated rings. The Morgan fingerprint density at radius 1 is 1.62 bits per heavy atom. The number of hydrogen-bond acceptors (Lipinski definition) is 5. The van der Waals surface area contributed by atoms with Crippen LogP contribution in [0.3, 0.4) is 0 Å². The van der Waals surface area contributed by atoms with Gasteiger partial charge in [0.2, 0.25) is 0 Å². The highest BCUT2D eigenvalue weighted by atomic mass is 32.1. The molecule has 86 valence electrons. The normalized spacial score (nSPS) is 16.8. The predicted octanol–water partition coefficient (Wildman–Crippen LogP) is 0.616. The van der Waals surface area contributed by atoms with Crippen LogP contribution in [0.5, 0.6) is 0 Å². The first-order chi connectivity index (χ1) is 7.61. The second kappa shape index (κ2) is 4.17. The van der Waals surface area contributed by atoms with E-state index in [1.54, 1.807) is 0 Å². The average Bonchev–Trinajstić information content (AvgIpc) is 2.93. The summed E-state index contributed by atoms with van der Waals surface area (Å²) in [7, 11) is 0. The summed E-state index contributed by atoms with van der Waals surface area (Å²) in [5.74, 6) is -1.34. The number of carboxylic acids is 1. The Morgan fingerprint density at radius 3 is 2.75 bits per heavy atom. The standard InChI is InChI=1S/C9H11N3O3S/c1-5(9(14)15)12(6-2-3-6)8(13)7-4-16-11-10-7/h4-6H,2-3H2,1H3,(H,14,15). The zero-order chi connectivity index (χ0) is 11.7. The molecule has 0 radical (unpaired) electrons. The molecule has 1 aliphatic carbocycles. The Bertz CT molecular complexity index is 402. The van der Waals surface area contributed by atoms with Crippen molar-refractivity contribution in [3.8, 4) is 0 Å². The van der Waals surface area contributed by atoms with Crippen LogP contribution in [0.2, 0.25) is 0 Å². The summed E-state index contributed by atoms with van der Waals surface area (Å²) in [5.41, 5.74) is 0.227. The first-order valence-corrected chi connectivity index (χ1v) is 5.77. The van der Waals surface area contributed by atoms with E-state index in [1.165, 1.54) is 17.2 Å². The second-order valence-electron chi connectivity index (χ2n) is 3.75. The molecule has 2 rings (SSSR count). The fourth-order valence-corrected chi connectivity index (χ4v) is 1.95. The number of carboxylic acid groups (broad SMARTS) is 1. The Balaban J connectivity index is 2.19. The SMILES string of the molecule is CC(C(=O)O)N(C(=O)c1csnn1)C1CC1. The Kier molecular flexibility index (Phi) is 2.86. The number of rotatable bonds is 4. The molecule has 1 aromatic heterocycles. The molecule has 0 bridgehead atoms. The zero-order valence-electron chi connectivity index (χ0n) is 8.66. The minimum absolute atomic E-state index is 0.0419. The number of aromatic nitrogens is 2. The van der Waals surface area contributed by atoms with E-state index in [0.717, 1.165) is 24.4 Å². The number of carbonyl (C=O) groups is 2. The summed E-state index contributed by atoms with van der Waals surface area (Å²) in [6.45, 7) is 1.51. The van der Waals surface area contributed by atoms with Crippen LogP contribution in [0.15, 0.2) is 5.38 Å². The van der Waals surface area contributed by atoms with Gasteiger partial charge in [0.1, 0.15) is 6.04 Å². The fraction of sp³-hybridized carbons (Fsp3) is 0.556. The van der Waals surface area contributed by atoms with Crippen molar-refractivity contribution >= 4 is 23.4 Å². The predicted molar refractivity (Wildman–Crippen MR) is 56.2 cm³/mol. The monoisotopic (exact) mass is 241 g/mol. The van der Waals surface area contributed by atoms with Crippen molar-refractivity contribution < 1.29 is 14.7 Å². The lowest BCUT2D eigenvalue weighted by Crippen LogP contribution is -2.44. The van der Waals surface area contributed by atoms with Crippen LogP contribution in [0.1, 0.15) is 30.3 Å². The van der Waals surface area contributed by atoms with Gasteiger partial charge in [0, 0.05) is 11.4 Å². The van der Waals surface area contributed by atoms with Crippen LogP contribution in [-0.2, 0) is 4.79 Å². The van der Waals surface area contributed by atoms with Gasteiger partial charge >= 0.3 is 5.97 Å². The van der Waals surface area contributed by atoms with Gasteiger partial charge in [-0.05, 0) is 31.3 Å². The summed E-state index contributed by atoms with van der Waals surface area (Å²) in [4.78, 5) is 24.3. The van der Waals surface area contributed by atoms with Gasteiger partial charge in [0.25, 0.3) is 5.91 Å². The van der Waals surface area contributed by atoms with Crippen LogP contribution in [0.4, 0.5) is 0 Å². The van der Waals surface area contributed by atoms with Crippen LogP contribution in [0.25, 0.3) is 0 Å². The number of amides is 1. The molecule has 1 heterocycles. The number of nitrogens with zero attached hydrogens (tertiary/aromatic N) is 3. The number of hydrogen-bond donors (Lipinski definition) is 1. The van der Waals surface area contributed by atoms with Crippen molar-refractivity contribution in [2.75, 3.05) is 0 Å². The number of aliphatic carboxylic acids is 1. The Labute approximate surface area is 96.0 Å². The lowest BCUT2D eigenvalue weighted by molar-refractivity contribution is -0.141. The van der Waals surface area contributed by atoms with E-state index in [2.05, 4.69) is 9.59 Å². The van der Waals surface area contributed by atoms with E-state index in [0.29, 0.717) is 0 Å². The minimum atomic E-state index is -0.997. The third kappa shape index (κ3) is 2.04. The highest BCUT2D eigenvalue weighted by Crippen LogP contribution is 2.30. The molecule has 1 amide bonds. The molecule has 0 spiro atoms. The molecule has 1 unspecified atom stereocenters. The zero-order valence-corrected chi connectivity index (χ0v) is 9.48. The van der Waals surface area contributed by atoms with Gasteiger partial charge in [0.05, 0.1) is 0 Å². The summed E-state index contributed by atoms with van der Waals surface area (Å²) < 4.78 is 3.61. The van der Waals surface area contributed by atoms with Crippen LogP contribution in [-0.4, -0.2) is 43.6 Å². The van der Waals surface area contributed by atoms with E-state index >= 15 is 0 Å². The van der Waals surface area contributed by atoms with Crippen molar-refractivity contribution in [1.29, 1.82) is 0 Å². The fourth-order valence-electron chi connectivity index (χ4n) is 1.52. The summed E-state index contributed by atoms with van der Waals surface area (Å²) in [5, 5.41) is 14.2. The third-order valence-electron chi connectivity index (χ3n) is 2.53. The van der Waals surface area contributed by atoms with Gasteiger partial charge in [-0.3, -0.25) is 4.79 Å². The highest BCUT2D eigenvalue weighted by molar-refractivity contribution is 7.03. The molecule has 1 atom stereocenters. The Morgan fingerprint density at radius 2 is 2.31 bits per heavy atom. The first kappa shape index (κ1) is 11.0. The van der Waals surface area contributed by atoms with Crippen molar-refractivity contribution in [3.05, 3.63) is 11.1 Å². The maximum absolute atomic E-state index is 12.0. The van der Waals surface area contributed by atoms with E-state index < -0.39 is 12.0 Å². The molecule has 1 aromatic rings. The summed E-state index contributed by atoms with van der Waals surface area (Å²) >= 11 is 1.08. The molecular formula is C9H11N3O3S. The van der Waals surface area contributed by atoms with Crippen LogP contribution >= 0.6 is 11.5 Å². The molecule has 1 aliphatic rings. The molecule has 1 N–H and O–H groups in total. The third-order valence-corrected chi connectivity index (χ3v) is 3.03. The van der Waals surface area contributed by atoms with Gasteiger partial charge in [0.15, 0.2) is 5.69 Å². The van der Waals surface area contributed by atoms with Crippen LogP contribution < -0.4 is 0 Å². The van der Waals surface area contributed by atoms with Gasteiger partial charge in [-0.1, -0.05) is 4.49 Å². The quantitative estimate of drug-likeness (QED) is 0.835. The van der Waals surface area contributed by atoms with Crippen molar-refractivity contribution in [1.82, 2.24) is 14.5 Å². The smallest absolute Gasteiger partial charge is 0.326 e. The molecule has 1 saturated carbocycles. The summed E-state index contributed by atoms with van der Waals surface area (Å²) in [6.07, 6.45) is 1.72. The minimum Gasteiger partial charge on any atom is -0.480 e. The molecule has 7 heteroatoms. The Hall–Kier alpha value is -1.50. The lowest BCUT2D eigenvalue weighted by atomic mass is 10.2. The molecule has 0 aliphatic heterocycles. The summed E-state index contributed by atoms with van der Waals surface area (Å²) in [6, 6.07) is -0.776. The van der Waals surface area contributed by atoms with Crippen molar-refractivity contribution in [2.24, 2.45) is 0 Å². The molecule has 0 saturated heterocycles. The van der Waals surface area contributed by atoms with Gasteiger partial charge in [-0.15, -0.1) is 5.10 Å². The maximum atomic E-state index is 12.0. The van der Waals surface area contributed by atoms with E-state index in [-0.39, 0.29) is 17.6 Å². The number of carbonyl (C=O) groups excluding carboxylic acids is 1. The largest absolute Gasteiger partial charge is 0.480 e. The van der Waals surface area contributed by atoms with E-state index in [1.807, 2.05) is 0 Å². The van der Waals surface area contributed by atoms with Gasteiger partial charge in [-0.25, -0.2) is 4.79 Å². The molecule has 0 aromatic carbocycles. The first-order valence-electron chi connectivity index (χ1n) is 4.93. The average molecular weight is 241 g/mol. The van der Waals surface area contributed by atoms with E-state index in [4.69, 9.17) is 5.11 Å². The topological polar surface area (TPSA) is 83.4 Å². The van der Waals surface area contributed by atoms with Crippen molar-refractivity contribution in [3.63, 3.8) is 0 Å². The maximum Gasteiger partial charge on any atom is 0.326 e.